The van der Waals surface area contributed by atoms with Gasteiger partial charge in [0.05, 0.1) is 6.04 Å². The van der Waals surface area contributed by atoms with Gasteiger partial charge in [0, 0.05) is 32.0 Å². The van der Waals surface area contributed by atoms with Gasteiger partial charge in [-0.2, -0.15) is 0 Å². The van der Waals surface area contributed by atoms with E-state index in [0.29, 0.717) is 0 Å². The Labute approximate surface area is 115 Å². The van der Waals surface area contributed by atoms with Crippen LogP contribution in [0.5, 0.6) is 0 Å². The van der Waals surface area contributed by atoms with Crippen molar-refractivity contribution in [3.05, 3.63) is 30.1 Å². The van der Waals surface area contributed by atoms with Crippen molar-refractivity contribution in [3.8, 4) is 0 Å². The first-order valence-corrected chi connectivity index (χ1v) is 7.18. The second kappa shape index (κ2) is 6.66. The van der Waals surface area contributed by atoms with Crippen LogP contribution in [0, 0.1) is 0 Å². The lowest BCUT2D eigenvalue weighted by Crippen LogP contribution is -2.45. The summed E-state index contributed by atoms with van der Waals surface area (Å²) in [4.78, 5) is 20.8. The normalized spacial score (nSPS) is 19.6. The lowest BCUT2D eigenvalue weighted by molar-refractivity contribution is -0.135. The van der Waals surface area contributed by atoms with Gasteiger partial charge < -0.3 is 4.90 Å². The third kappa shape index (κ3) is 3.32. The summed E-state index contributed by atoms with van der Waals surface area (Å²) in [6.07, 6.45) is 5.76. The maximum atomic E-state index is 12.5. The molecule has 1 fully saturated rings. The fraction of sp³-hybridized carbons (Fsp3) is 0.600. The van der Waals surface area contributed by atoms with Crippen molar-refractivity contribution in [3.63, 3.8) is 0 Å². The average molecular weight is 261 g/mol. The first-order valence-electron chi connectivity index (χ1n) is 7.18. The van der Waals surface area contributed by atoms with Crippen LogP contribution in [0.3, 0.4) is 0 Å². The molecule has 2 heterocycles. The summed E-state index contributed by atoms with van der Waals surface area (Å²) in [5.74, 6) is 0.284. The molecule has 1 amide bonds. The summed E-state index contributed by atoms with van der Waals surface area (Å²) in [5.41, 5.74) is 1.18. The number of likely N-dealkylation sites (tertiary alicyclic amines) is 1. The highest BCUT2D eigenvalue weighted by molar-refractivity contribution is 5.82. The van der Waals surface area contributed by atoms with Crippen LogP contribution >= 0.6 is 0 Å². The average Bonchev–Trinajstić information content (AvgIpc) is 2.89. The number of pyridine rings is 1. The van der Waals surface area contributed by atoms with Crippen molar-refractivity contribution in [2.75, 3.05) is 19.6 Å². The Morgan fingerprint density at radius 2 is 2.26 bits per heavy atom. The number of hydrogen-bond acceptors (Lipinski definition) is 3. The minimum atomic E-state index is 0.0557. The third-order valence-corrected chi connectivity index (χ3v) is 3.83. The van der Waals surface area contributed by atoms with E-state index in [9.17, 15) is 4.79 Å². The largest absolute Gasteiger partial charge is 0.342 e. The van der Waals surface area contributed by atoms with Crippen LogP contribution in [0.15, 0.2) is 24.5 Å². The second-order valence-corrected chi connectivity index (χ2v) is 5.00. The number of aromatic nitrogens is 1. The van der Waals surface area contributed by atoms with Gasteiger partial charge in [-0.15, -0.1) is 0 Å². The zero-order valence-electron chi connectivity index (χ0n) is 11.9. The van der Waals surface area contributed by atoms with Crippen molar-refractivity contribution in [1.29, 1.82) is 0 Å². The Morgan fingerprint density at radius 1 is 1.47 bits per heavy atom. The van der Waals surface area contributed by atoms with Gasteiger partial charge in [0.2, 0.25) is 5.91 Å². The van der Waals surface area contributed by atoms with Crippen LogP contribution < -0.4 is 0 Å². The molecule has 0 aliphatic carbocycles. The fourth-order valence-corrected chi connectivity index (χ4v) is 2.77. The Balaban J connectivity index is 2.02. The fourth-order valence-electron chi connectivity index (χ4n) is 2.77. The highest BCUT2D eigenvalue weighted by Crippen LogP contribution is 2.21. The lowest BCUT2D eigenvalue weighted by atomic mass is 10.1. The molecule has 2 rings (SSSR count). The molecule has 0 bridgehead atoms. The Kier molecular flexibility index (Phi) is 4.91. The number of amides is 1. The van der Waals surface area contributed by atoms with Gasteiger partial charge in [-0.3, -0.25) is 14.7 Å². The highest BCUT2D eigenvalue weighted by Gasteiger charge is 2.32. The summed E-state index contributed by atoms with van der Waals surface area (Å²) in [6.45, 7) is 7.51. The summed E-state index contributed by atoms with van der Waals surface area (Å²) < 4.78 is 0. The van der Waals surface area contributed by atoms with Crippen LogP contribution in [-0.2, 0) is 11.3 Å². The van der Waals surface area contributed by atoms with E-state index in [0.717, 1.165) is 39.0 Å². The van der Waals surface area contributed by atoms with Crippen LogP contribution in [0.1, 0.15) is 32.3 Å². The molecule has 1 aromatic heterocycles. The van der Waals surface area contributed by atoms with E-state index in [1.165, 1.54) is 5.56 Å². The van der Waals surface area contributed by atoms with Crippen molar-refractivity contribution < 1.29 is 4.79 Å². The van der Waals surface area contributed by atoms with Crippen molar-refractivity contribution in [1.82, 2.24) is 14.8 Å². The Hall–Kier alpha value is -1.42. The van der Waals surface area contributed by atoms with Crippen LogP contribution in [0.2, 0.25) is 0 Å². The molecule has 4 nitrogen and oxygen atoms in total. The van der Waals surface area contributed by atoms with Gasteiger partial charge in [0.1, 0.15) is 0 Å². The zero-order valence-corrected chi connectivity index (χ0v) is 11.9. The monoisotopic (exact) mass is 261 g/mol. The molecule has 1 aromatic rings. The van der Waals surface area contributed by atoms with E-state index in [1.54, 1.807) is 6.20 Å². The molecular formula is C15H23N3O. The SMILES string of the molecule is CCN(CC)C(=O)[C@H]1CCCN1Cc1cccnc1. The van der Waals surface area contributed by atoms with Gasteiger partial charge >= 0.3 is 0 Å². The number of rotatable bonds is 5. The maximum Gasteiger partial charge on any atom is 0.239 e. The van der Waals surface area contributed by atoms with E-state index in [2.05, 4.69) is 16.0 Å². The topological polar surface area (TPSA) is 36.4 Å². The molecule has 1 saturated heterocycles. The Bertz CT molecular complexity index is 403. The molecule has 0 aromatic carbocycles. The van der Waals surface area contributed by atoms with Crippen LogP contribution in [0.25, 0.3) is 0 Å². The van der Waals surface area contributed by atoms with Gasteiger partial charge in [-0.25, -0.2) is 0 Å². The predicted molar refractivity (Wildman–Crippen MR) is 75.6 cm³/mol. The van der Waals surface area contributed by atoms with Gasteiger partial charge in [-0.1, -0.05) is 6.07 Å². The van der Waals surface area contributed by atoms with Crippen molar-refractivity contribution >= 4 is 5.91 Å². The van der Waals surface area contributed by atoms with Gasteiger partial charge in [0.15, 0.2) is 0 Å². The van der Waals surface area contributed by atoms with Crippen LogP contribution in [0.4, 0.5) is 0 Å². The highest BCUT2D eigenvalue weighted by atomic mass is 16.2. The number of nitrogens with zero attached hydrogens (tertiary/aromatic N) is 3. The Morgan fingerprint density at radius 3 is 2.89 bits per heavy atom. The van der Waals surface area contributed by atoms with Crippen LogP contribution in [-0.4, -0.2) is 46.4 Å². The minimum Gasteiger partial charge on any atom is -0.342 e. The minimum absolute atomic E-state index is 0.0557. The molecule has 0 unspecified atom stereocenters. The molecule has 1 atom stereocenters. The molecule has 1 aliphatic rings. The van der Waals surface area contributed by atoms with E-state index >= 15 is 0 Å². The first kappa shape index (κ1) is 14.0. The zero-order chi connectivity index (χ0) is 13.7. The standard InChI is InChI=1S/C15H23N3O/c1-3-17(4-2)15(19)14-8-6-10-18(14)12-13-7-5-9-16-11-13/h5,7,9,11,14H,3-4,6,8,10,12H2,1-2H3/t14-/m1/s1. The number of carbonyl (C=O) groups excluding carboxylic acids is 1. The molecule has 0 radical (unpaired) electrons. The second-order valence-electron chi connectivity index (χ2n) is 5.00. The van der Waals surface area contributed by atoms with E-state index in [1.807, 2.05) is 31.0 Å². The quantitative estimate of drug-likeness (QED) is 0.812. The summed E-state index contributed by atoms with van der Waals surface area (Å²) in [7, 11) is 0. The molecule has 19 heavy (non-hydrogen) atoms. The summed E-state index contributed by atoms with van der Waals surface area (Å²) >= 11 is 0. The maximum absolute atomic E-state index is 12.5. The molecule has 4 heteroatoms. The predicted octanol–water partition coefficient (Wildman–Crippen LogP) is 1.91. The smallest absolute Gasteiger partial charge is 0.239 e. The summed E-state index contributed by atoms with van der Waals surface area (Å²) in [5, 5.41) is 0. The van der Waals surface area contributed by atoms with E-state index < -0.39 is 0 Å². The van der Waals surface area contributed by atoms with Gasteiger partial charge in [0.25, 0.3) is 0 Å². The number of hydrogen-bond donors (Lipinski definition) is 0. The molecule has 104 valence electrons. The van der Waals surface area contributed by atoms with E-state index in [4.69, 9.17) is 0 Å². The van der Waals surface area contributed by atoms with Crippen molar-refractivity contribution in [2.45, 2.75) is 39.3 Å². The lowest BCUT2D eigenvalue weighted by Gasteiger charge is -2.28. The van der Waals surface area contributed by atoms with E-state index in [-0.39, 0.29) is 11.9 Å². The number of likely N-dealkylation sites (N-methyl/N-ethyl adjacent to an activating group) is 1. The third-order valence-electron chi connectivity index (χ3n) is 3.83. The molecule has 1 aliphatic heterocycles. The first-order chi connectivity index (χ1) is 9.26. The molecule has 0 spiro atoms. The number of carbonyl (C=O) groups is 1. The molecular weight excluding hydrogens is 238 g/mol. The molecule has 0 saturated carbocycles. The van der Waals surface area contributed by atoms with Gasteiger partial charge in [-0.05, 0) is 44.9 Å². The van der Waals surface area contributed by atoms with Crippen molar-refractivity contribution in [2.24, 2.45) is 0 Å². The summed E-state index contributed by atoms with van der Waals surface area (Å²) in [6, 6.07) is 4.08. The molecule has 0 N–H and O–H groups in total.